The largest absolute Gasteiger partial charge is 0.287 e. The van der Waals surface area contributed by atoms with Crippen molar-refractivity contribution < 1.29 is 13.2 Å². The summed E-state index contributed by atoms with van der Waals surface area (Å²) in [6.07, 6.45) is 1.17. The van der Waals surface area contributed by atoms with Gasteiger partial charge >= 0.3 is 0 Å². The van der Waals surface area contributed by atoms with Crippen molar-refractivity contribution in [2.75, 3.05) is 13.6 Å². The van der Waals surface area contributed by atoms with Gasteiger partial charge in [0.2, 0.25) is 10.0 Å². The van der Waals surface area contributed by atoms with Gasteiger partial charge in [0.25, 0.3) is 5.91 Å². The van der Waals surface area contributed by atoms with E-state index in [0.717, 1.165) is 16.3 Å². The number of benzene rings is 3. The van der Waals surface area contributed by atoms with Gasteiger partial charge in [-0.1, -0.05) is 60.7 Å². The fraction of sp³-hybridized carbons (Fsp3) is 0.261. The number of rotatable bonds is 6. The minimum atomic E-state index is -3.77. The highest BCUT2D eigenvalue weighted by Crippen LogP contribution is 2.28. The molecule has 1 aliphatic rings. The second-order valence-electron chi connectivity index (χ2n) is 7.60. The van der Waals surface area contributed by atoms with Crippen LogP contribution in [0.1, 0.15) is 18.4 Å². The summed E-state index contributed by atoms with van der Waals surface area (Å²) >= 11 is 0. The van der Waals surface area contributed by atoms with Crippen LogP contribution in [-0.4, -0.2) is 43.3 Å². The maximum Gasteiger partial charge on any atom is 0.252 e. The van der Waals surface area contributed by atoms with E-state index in [4.69, 9.17) is 0 Å². The molecule has 0 saturated carbocycles. The van der Waals surface area contributed by atoms with Gasteiger partial charge in [0.05, 0.1) is 4.90 Å². The third-order valence-electron chi connectivity index (χ3n) is 5.40. The van der Waals surface area contributed by atoms with Gasteiger partial charge in [-0.2, -0.15) is 4.31 Å². The van der Waals surface area contributed by atoms with Crippen molar-refractivity contribution in [1.29, 1.82) is 0 Å². The molecule has 1 saturated heterocycles. The van der Waals surface area contributed by atoms with Crippen LogP contribution in [0.3, 0.4) is 0 Å². The van der Waals surface area contributed by atoms with Crippen LogP contribution in [-0.2, 0) is 21.4 Å². The molecule has 1 amide bonds. The molecule has 1 N–H and O–H groups in total. The Morgan fingerprint density at radius 3 is 2.50 bits per heavy atom. The van der Waals surface area contributed by atoms with E-state index in [1.165, 1.54) is 4.31 Å². The minimum Gasteiger partial charge on any atom is -0.287 e. The van der Waals surface area contributed by atoms with Gasteiger partial charge < -0.3 is 0 Å². The van der Waals surface area contributed by atoms with E-state index >= 15 is 0 Å². The molecule has 0 aliphatic carbocycles. The van der Waals surface area contributed by atoms with Crippen molar-refractivity contribution in [3.05, 3.63) is 78.4 Å². The van der Waals surface area contributed by atoms with Crippen molar-refractivity contribution in [3.63, 3.8) is 0 Å². The molecule has 7 heteroatoms. The summed E-state index contributed by atoms with van der Waals surface area (Å²) in [7, 11) is -1.99. The highest BCUT2D eigenvalue weighted by Gasteiger charge is 2.39. The van der Waals surface area contributed by atoms with Crippen LogP contribution in [0.25, 0.3) is 10.8 Å². The average molecular weight is 424 g/mol. The maximum atomic E-state index is 13.3. The molecular weight excluding hydrogens is 398 g/mol. The summed E-state index contributed by atoms with van der Waals surface area (Å²) < 4.78 is 27.9. The lowest BCUT2D eigenvalue weighted by Gasteiger charge is -2.26. The number of nitrogens with zero attached hydrogens (tertiary/aromatic N) is 2. The van der Waals surface area contributed by atoms with Gasteiger partial charge in [-0.15, -0.1) is 0 Å². The molecule has 0 bridgehead atoms. The van der Waals surface area contributed by atoms with Gasteiger partial charge in [-0.05, 0) is 41.3 Å². The summed E-state index contributed by atoms with van der Waals surface area (Å²) in [5.74, 6) is -0.296. The van der Waals surface area contributed by atoms with E-state index in [1.807, 2.05) is 54.6 Å². The number of nitrogens with one attached hydrogen (secondary N) is 1. The fourth-order valence-electron chi connectivity index (χ4n) is 3.91. The molecule has 0 unspecified atom stereocenters. The van der Waals surface area contributed by atoms with Gasteiger partial charge in [0, 0.05) is 20.1 Å². The summed E-state index contributed by atoms with van der Waals surface area (Å²) in [4.78, 5) is 13.1. The number of hydrogen-bond donors (Lipinski definition) is 1. The van der Waals surface area contributed by atoms with Gasteiger partial charge in [0.1, 0.15) is 6.04 Å². The van der Waals surface area contributed by atoms with Crippen molar-refractivity contribution in [2.24, 2.45) is 0 Å². The quantitative estimate of drug-likeness (QED) is 0.619. The Balaban J connectivity index is 1.50. The zero-order chi connectivity index (χ0) is 21.1. The Morgan fingerprint density at radius 2 is 1.73 bits per heavy atom. The van der Waals surface area contributed by atoms with Gasteiger partial charge in [-0.3, -0.25) is 10.2 Å². The molecule has 156 valence electrons. The molecule has 1 atom stereocenters. The van der Waals surface area contributed by atoms with Crippen LogP contribution in [0.15, 0.2) is 77.7 Å². The van der Waals surface area contributed by atoms with E-state index in [0.29, 0.717) is 25.9 Å². The number of fused-ring (bicyclic) bond motifs is 1. The van der Waals surface area contributed by atoms with Crippen LogP contribution in [0, 0.1) is 0 Å². The van der Waals surface area contributed by atoms with Crippen LogP contribution in [0.5, 0.6) is 0 Å². The first-order valence-electron chi connectivity index (χ1n) is 10.0. The molecule has 6 nitrogen and oxygen atoms in total. The first-order chi connectivity index (χ1) is 14.4. The summed E-state index contributed by atoms with van der Waals surface area (Å²) in [6.45, 7) is 0.881. The molecular formula is C23H25N3O3S. The third kappa shape index (κ3) is 4.23. The normalized spacial score (nSPS) is 17.5. The summed E-state index contributed by atoms with van der Waals surface area (Å²) in [5, 5.41) is 3.53. The Kier molecular flexibility index (Phi) is 5.85. The first kappa shape index (κ1) is 20.5. The molecule has 1 aliphatic heterocycles. The number of carbonyl (C=O) groups is 1. The summed E-state index contributed by atoms with van der Waals surface area (Å²) in [6, 6.07) is 21.8. The Hall–Kier alpha value is -2.74. The predicted molar refractivity (Wildman–Crippen MR) is 117 cm³/mol. The number of amides is 1. The smallest absolute Gasteiger partial charge is 0.252 e. The van der Waals surface area contributed by atoms with Crippen LogP contribution in [0.2, 0.25) is 0 Å². The lowest BCUT2D eigenvalue weighted by atomic mass is 10.1. The average Bonchev–Trinajstić information content (AvgIpc) is 3.25. The van der Waals surface area contributed by atoms with E-state index in [1.54, 1.807) is 30.3 Å². The molecule has 0 aromatic heterocycles. The van der Waals surface area contributed by atoms with E-state index in [-0.39, 0.29) is 10.8 Å². The van der Waals surface area contributed by atoms with Gasteiger partial charge in [-0.25, -0.2) is 13.4 Å². The Labute approximate surface area is 177 Å². The maximum absolute atomic E-state index is 13.3. The lowest BCUT2D eigenvalue weighted by molar-refractivity contribution is -0.128. The van der Waals surface area contributed by atoms with Crippen molar-refractivity contribution in [3.8, 4) is 0 Å². The number of hydrazine groups is 1. The lowest BCUT2D eigenvalue weighted by Crippen LogP contribution is -2.50. The van der Waals surface area contributed by atoms with Crippen LogP contribution >= 0.6 is 0 Å². The third-order valence-corrected chi connectivity index (χ3v) is 7.30. The van der Waals surface area contributed by atoms with Crippen molar-refractivity contribution >= 4 is 26.7 Å². The number of hydrogen-bond acceptors (Lipinski definition) is 4. The number of sulfonamides is 1. The molecule has 0 radical (unpaired) electrons. The van der Waals surface area contributed by atoms with Crippen LogP contribution in [0.4, 0.5) is 0 Å². The molecule has 3 aromatic rings. The topological polar surface area (TPSA) is 69.7 Å². The Morgan fingerprint density at radius 1 is 1.03 bits per heavy atom. The second-order valence-corrected chi connectivity index (χ2v) is 9.49. The van der Waals surface area contributed by atoms with E-state index < -0.39 is 16.1 Å². The van der Waals surface area contributed by atoms with Crippen molar-refractivity contribution in [1.82, 2.24) is 14.7 Å². The zero-order valence-corrected chi connectivity index (χ0v) is 17.7. The zero-order valence-electron chi connectivity index (χ0n) is 16.9. The number of carbonyl (C=O) groups excluding carboxylic acids is 1. The molecule has 30 heavy (non-hydrogen) atoms. The molecule has 4 rings (SSSR count). The fourth-order valence-corrected chi connectivity index (χ4v) is 5.60. The first-order valence-corrected chi connectivity index (χ1v) is 11.5. The van der Waals surface area contributed by atoms with E-state index in [9.17, 15) is 13.2 Å². The molecule has 0 spiro atoms. The summed E-state index contributed by atoms with van der Waals surface area (Å²) in [5.41, 5.74) is 3.90. The highest BCUT2D eigenvalue weighted by molar-refractivity contribution is 7.89. The predicted octanol–water partition coefficient (Wildman–Crippen LogP) is 3.16. The molecule has 3 aromatic carbocycles. The molecule has 1 heterocycles. The minimum absolute atomic E-state index is 0.221. The standard InChI is InChI=1S/C23H25N3O3S/c1-25(17-18-8-3-2-4-9-18)24-23(27)22-12-7-15-26(22)30(28,29)21-14-13-19-10-5-6-11-20(19)16-21/h2-6,8-11,13-14,16,22H,7,12,15,17H2,1H3,(H,24,27)/t22-/m0/s1. The monoisotopic (exact) mass is 423 g/mol. The second kappa shape index (κ2) is 8.55. The van der Waals surface area contributed by atoms with E-state index in [2.05, 4.69) is 5.43 Å². The van der Waals surface area contributed by atoms with Crippen molar-refractivity contribution in [2.45, 2.75) is 30.3 Å². The highest BCUT2D eigenvalue weighted by atomic mass is 32.2. The SMILES string of the molecule is CN(Cc1ccccc1)NC(=O)[C@@H]1CCCN1S(=O)(=O)c1ccc2ccccc2c1. The molecule has 1 fully saturated rings. The van der Waals surface area contributed by atoms with Crippen LogP contribution < -0.4 is 5.43 Å². The Bertz CT molecular complexity index is 1150. The van der Waals surface area contributed by atoms with Gasteiger partial charge in [0.15, 0.2) is 0 Å².